The quantitative estimate of drug-likeness (QED) is 0.807. The number of carbonyl (C=O) groups excluding carboxylic acids is 1. The molecular weight excluding hydrogens is 284 g/mol. The molecule has 0 bridgehead atoms. The topological polar surface area (TPSA) is 50.4 Å². The van der Waals surface area contributed by atoms with Gasteiger partial charge in [-0.3, -0.25) is 4.79 Å². The number of amides is 1. The first-order valence-corrected chi connectivity index (χ1v) is 7.91. The Bertz CT molecular complexity index is 274. The van der Waals surface area contributed by atoms with E-state index in [-0.39, 0.29) is 23.7 Å². The molecule has 0 aromatic carbocycles. The second-order valence-corrected chi connectivity index (χ2v) is 6.72. The van der Waals surface area contributed by atoms with Gasteiger partial charge in [0.05, 0.1) is 12.0 Å². The lowest BCUT2D eigenvalue weighted by molar-refractivity contribution is -0.136. The SMILES string of the molecule is COCC1(C(=O)NCC2CCCS2)CCNCC1.Cl. The molecule has 2 heterocycles. The fourth-order valence-electron chi connectivity index (χ4n) is 2.82. The summed E-state index contributed by atoms with van der Waals surface area (Å²) in [5.41, 5.74) is -0.302. The third-order valence-electron chi connectivity index (χ3n) is 3.98. The summed E-state index contributed by atoms with van der Waals surface area (Å²) in [5.74, 6) is 1.44. The van der Waals surface area contributed by atoms with Crippen molar-refractivity contribution in [3.8, 4) is 0 Å². The maximum absolute atomic E-state index is 12.4. The third-order valence-corrected chi connectivity index (χ3v) is 5.38. The van der Waals surface area contributed by atoms with Crippen LogP contribution < -0.4 is 10.6 Å². The van der Waals surface area contributed by atoms with Gasteiger partial charge in [-0.05, 0) is 44.5 Å². The molecule has 0 aromatic heterocycles. The zero-order valence-electron chi connectivity index (χ0n) is 11.6. The van der Waals surface area contributed by atoms with Gasteiger partial charge in [0.25, 0.3) is 0 Å². The molecule has 6 heteroatoms. The van der Waals surface area contributed by atoms with Crippen LogP contribution in [0.25, 0.3) is 0 Å². The molecule has 0 aromatic rings. The molecule has 112 valence electrons. The highest BCUT2D eigenvalue weighted by Crippen LogP contribution is 2.30. The number of nitrogens with one attached hydrogen (secondary N) is 2. The average Bonchev–Trinajstić information content (AvgIpc) is 2.90. The summed E-state index contributed by atoms with van der Waals surface area (Å²) < 4.78 is 5.28. The number of halogens is 1. The van der Waals surface area contributed by atoms with Gasteiger partial charge in [0.15, 0.2) is 0 Å². The number of hydrogen-bond donors (Lipinski definition) is 2. The van der Waals surface area contributed by atoms with Gasteiger partial charge in [0.1, 0.15) is 0 Å². The summed E-state index contributed by atoms with van der Waals surface area (Å²) in [7, 11) is 1.68. The standard InChI is InChI=1S/C13H24N2O2S.ClH/c1-17-10-13(4-6-14-7-5-13)12(16)15-9-11-3-2-8-18-11;/h11,14H,2-10H2,1H3,(H,15,16);1H. The van der Waals surface area contributed by atoms with E-state index < -0.39 is 0 Å². The lowest BCUT2D eigenvalue weighted by atomic mass is 9.78. The number of carbonyl (C=O) groups is 1. The van der Waals surface area contributed by atoms with Crippen LogP contribution in [0.5, 0.6) is 0 Å². The van der Waals surface area contributed by atoms with Crippen LogP contribution >= 0.6 is 24.2 Å². The number of ether oxygens (including phenoxy) is 1. The van der Waals surface area contributed by atoms with E-state index >= 15 is 0 Å². The highest BCUT2D eigenvalue weighted by Gasteiger charge is 2.39. The Kier molecular flexibility index (Phi) is 7.50. The number of hydrogen-bond acceptors (Lipinski definition) is 4. The minimum absolute atomic E-state index is 0. The molecule has 0 spiro atoms. The molecule has 1 unspecified atom stereocenters. The Labute approximate surface area is 126 Å². The predicted molar refractivity (Wildman–Crippen MR) is 82.2 cm³/mol. The van der Waals surface area contributed by atoms with E-state index in [1.165, 1.54) is 18.6 Å². The molecule has 0 aliphatic carbocycles. The van der Waals surface area contributed by atoms with E-state index in [4.69, 9.17) is 4.74 Å². The zero-order chi connectivity index (χ0) is 12.8. The van der Waals surface area contributed by atoms with Crippen molar-refractivity contribution >= 4 is 30.1 Å². The van der Waals surface area contributed by atoms with Crippen LogP contribution in [0.4, 0.5) is 0 Å². The maximum Gasteiger partial charge on any atom is 0.228 e. The fraction of sp³-hybridized carbons (Fsp3) is 0.923. The van der Waals surface area contributed by atoms with Gasteiger partial charge >= 0.3 is 0 Å². The first-order valence-electron chi connectivity index (χ1n) is 6.86. The predicted octanol–water partition coefficient (Wildman–Crippen LogP) is 1.44. The van der Waals surface area contributed by atoms with Gasteiger partial charge in [-0.15, -0.1) is 12.4 Å². The Balaban J connectivity index is 0.00000180. The first kappa shape index (κ1) is 17.1. The first-order chi connectivity index (χ1) is 8.77. The molecule has 2 N–H and O–H groups in total. The average molecular weight is 309 g/mol. The largest absolute Gasteiger partial charge is 0.384 e. The highest BCUT2D eigenvalue weighted by molar-refractivity contribution is 8.00. The van der Waals surface area contributed by atoms with Crippen molar-refractivity contribution < 1.29 is 9.53 Å². The molecule has 19 heavy (non-hydrogen) atoms. The monoisotopic (exact) mass is 308 g/mol. The Morgan fingerprint density at radius 3 is 2.79 bits per heavy atom. The van der Waals surface area contributed by atoms with Crippen molar-refractivity contribution in [3.63, 3.8) is 0 Å². The summed E-state index contributed by atoms with van der Waals surface area (Å²) in [4.78, 5) is 12.4. The minimum Gasteiger partial charge on any atom is -0.384 e. The van der Waals surface area contributed by atoms with Crippen LogP contribution in [0.1, 0.15) is 25.7 Å². The van der Waals surface area contributed by atoms with Crippen molar-refractivity contribution in [2.75, 3.05) is 39.1 Å². The molecule has 2 aliphatic heterocycles. The normalized spacial score (nSPS) is 25.6. The van der Waals surface area contributed by atoms with Crippen LogP contribution in [-0.2, 0) is 9.53 Å². The van der Waals surface area contributed by atoms with Crippen LogP contribution in [0, 0.1) is 5.41 Å². The molecule has 4 nitrogen and oxygen atoms in total. The van der Waals surface area contributed by atoms with E-state index in [0.29, 0.717) is 11.9 Å². The third kappa shape index (κ3) is 4.52. The summed E-state index contributed by atoms with van der Waals surface area (Å²) in [6.45, 7) is 3.19. The molecule has 2 aliphatic rings. The van der Waals surface area contributed by atoms with Crippen molar-refractivity contribution in [1.29, 1.82) is 0 Å². The van der Waals surface area contributed by atoms with Crippen molar-refractivity contribution in [1.82, 2.24) is 10.6 Å². The zero-order valence-corrected chi connectivity index (χ0v) is 13.2. The summed E-state index contributed by atoms with van der Waals surface area (Å²) in [5, 5.41) is 7.08. The molecule has 1 atom stereocenters. The molecular formula is C13H25ClN2O2S. The molecule has 2 rings (SSSR count). The maximum atomic E-state index is 12.4. The van der Waals surface area contributed by atoms with Crippen LogP contribution in [0.2, 0.25) is 0 Å². The number of piperidine rings is 1. The van der Waals surface area contributed by atoms with E-state index in [9.17, 15) is 4.79 Å². The van der Waals surface area contributed by atoms with Crippen molar-refractivity contribution in [2.45, 2.75) is 30.9 Å². The Morgan fingerprint density at radius 2 is 2.21 bits per heavy atom. The van der Waals surface area contributed by atoms with Crippen LogP contribution in [0.3, 0.4) is 0 Å². The van der Waals surface area contributed by atoms with Gasteiger partial charge in [-0.1, -0.05) is 0 Å². The van der Waals surface area contributed by atoms with Gasteiger partial charge in [-0.2, -0.15) is 11.8 Å². The van der Waals surface area contributed by atoms with Crippen molar-refractivity contribution in [2.24, 2.45) is 5.41 Å². The number of methoxy groups -OCH3 is 1. The minimum atomic E-state index is -0.302. The summed E-state index contributed by atoms with van der Waals surface area (Å²) in [6.07, 6.45) is 4.29. The molecule has 0 radical (unpaired) electrons. The second kappa shape index (κ2) is 8.35. The fourth-order valence-corrected chi connectivity index (χ4v) is 4.02. The molecule has 2 fully saturated rings. The van der Waals surface area contributed by atoms with Gasteiger partial charge in [0, 0.05) is 18.9 Å². The Morgan fingerprint density at radius 1 is 1.47 bits per heavy atom. The van der Waals surface area contributed by atoms with E-state index in [0.717, 1.165) is 32.5 Å². The van der Waals surface area contributed by atoms with Crippen molar-refractivity contribution in [3.05, 3.63) is 0 Å². The molecule has 2 saturated heterocycles. The van der Waals surface area contributed by atoms with Gasteiger partial charge in [-0.25, -0.2) is 0 Å². The van der Waals surface area contributed by atoms with Crippen LogP contribution in [0.15, 0.2) is 0 Å². The van der Waals surface area contributed by atoms with E-state index in [2.05, 4.69) is 10.6 Å². The number of rotatable bonds is 5. The highest BCUT2D eigenvalue weighted by atomic mass is 35.5. The Hall–Kier alpha value is 0.0300. The summed E-state index contributed by atoms with van der Waals surface area (Å²) >= 11 is 1.98. The van der Waals surface area contributed by atoms with Gasteiger partial charge in [0.2, 0.25) is 5.91 Å². The lowest BCUT2D eigenvalue weighted by Gasteiger charge is -2.35. The molecule has 0 saturated carbocycles. The second-order valence-electron chi connectivity index (χ2n) is 5.31. The summed E-state index contributed by atoms with van der Waals surface area (Å²) in [6, 6.07) is 0. The van der Waals surface area contributed by atoms with Gasteiger partial charge < -0.3 is 15.4 Å². The van der Waals surface area contributed by atoms with E-state index in [1.807, 2.05) is 11.8 Å². The van der Waals surface area contributed by atoms with E-state index in [1.54, 1.807) is 7.11 Å². The number of thioether (sulfide) groups is 1. The smallest absolute Gasteiger partial charge is 0.228 e. The lowest BCUT2D eigenvalue weighted by Crippen LogP contribution is -2.51. The van der Waals surface area contributed by atoms with Crippen LogP contribution in [-0.4, -0.2) is 50.3 Å². The molecule has 1 amide bonds.